The zero-order chi connectivity index (χ0) is 14.7. The Bertz CT molecular complexity index is 626. The molecule has 0 saturated heterocycles. The molecule has 0 spiro atoms. The number of nitrogens with two attached hydrogens (primary N) is 1. The molecule has 20 heavy (non-hydrogen) atoms. The highest BCUT2D eigenvalue weighted by atomic mass is 79.9. The SMILES string of the molecule is CC(Nc1cc(Br)ccc1C(N)=S)c1ccc(Br)cc1. The van der Waals surface area contributed by atoms with E-state index in [1.807, 2.05) is 30.3 Å². The molecule has 0 aliphatic carbocycles. The minimum absolute atomic E-state index is 0.158. The van der Waals surface area contributed by atoms with Gasteiger partial charge in [-0.05, 0) is 42.8 Å². The van der Waals surface area contributed by atoms with E-state index in [0.717, 1.165) is 20.2 Å². The second kappa shape index (κ2) is 6.70. The van der Waals surface area contributed by atoms with Gasteiger partial charge in [-0.15, -0.1) is 0 Å². The quantitative estimate of drug-likeness (QED) is 0.691. The predicted octanol–water partition coefficient (Wildman–Crippen LogP) is 5.02. The molecule has 0 radical (unpaired) electrons. The van der Waals surface area contributed by atoms with E-state index < -0.39 is 0 Å². The zero-order valence-electron chi connectivity index (χ0n) is 10.9. The molecule has 0 aromatic heterocycles. The smallest absolute Gasteiger partial charge is 0.106 e. The molecule has 0 amide bonds. The van der Waals surface area contributed by atoms with Crippen LogP contribution in [0.1, 0.15) is 24.1 Å². The van der Waals surface area contributed by atoms with Gasteiger partial charge >= 0.3 is 0 Å². The molecule has 0 aliphatic rings. The third-order valence-corrected chi connectivity index (χ3v) is 4.23. The van der Waals surface area contributed by atoms with Gasteiger partial charge in [0.2, 0.25) is 0 Å². The average molecular weight is 414 g/mol. The summed E-state index contributed by atoms with van der Waals surface area (Å²) in [7, 11) is 0. The first-order valence-corrected chi connectivity index (χ1v) is 8.08. The van der Waals surface area contributed by atoms with Crippen molar-refractivity contribution in [3.8, 4) is 0 Å². The number of hydrogen-bond donors (Lipinski definition) is 2. The number of rotatable bonds is 4. The second-order valence-electron chi connectivity index (χ2n) is 4.47. The van der Waals surface area contributed by atoms with Crippen molar-refractivity contribution in [2.24, 2.45) is 5.73 Å². The Labute approximate surface area is 141 Å². The van der Waals surface area contributed by atoms with Crippen LogP contribution in [0.25, 0.3) is 0 Å². The third-order valence-electron chi connectivity index (χ3n) is 2.99. The van der Waals surface area contributed by atoms with E-state index in [1.165, 1.54) is 5.56 Å². The van der Waals surface area contributed by atoms with Crippen LogP contribution in [0.3, 0.4) is 0 Å². The van der Waals surface area contributed by atoms with Crippen molar-refractivity contribution < 1.29 is 0 Å². The van der Waals surface area contributed by atoms with Crippen LogP contribution in [0.4, 0.5) is 5.69 Å². The summed E-state index contributed by atoms with van der Waals surface area (Å²) < 4.78 is 2.06. The highest BCUT2D eigenvalue weighted by Crippen LogP contribution is 2.26. The fourth-order valence-corrected chi connectivity index (χ4v) is 2.72. The first kappa shape index (κ1) is 15.5. The Hall–Kier alpha value is -0.910. The van der Waals surface area contributed by atoms with Crippen LogP contribution in [0.2, 0.25) is 0 Å². The molecule has 0 aliphatic heterocycles. The van der Waals surface area contributed by atoms with Crippen LogP contribution >= 0.6 is 44.1 Å². The fraction of sp³-hybridized carbons (Fsp3) is 0.133. The van der Waals surface area contributed by atoms with E-state index in [2.05, 4.69) is 56.2 Å². The molecule has 5 heteroatoms. The lowest BCUT2D eigenvalue weighted by Gasteiger charge is -2.18. The lowest BCUT2D eigenvalue weighted by atomic mass is 10.1. The lowest BCUT2D eigenvalue weighted by Crippen LogP contribution is -2.15. The highest BCUT2D eigenvalue weighted by molar-refractivity contribution is 9.10. The molecule has 1 atom stereocenters. The summed E-state index contributed by atoms with van der Waals surface area (Å²) in [6.45, 7) is 2.10. The van der Waals surface area contributed by atoms with Crippen molar-refractivity contribution in [1.29, 1.82) is 0 Å². The maximum Gasteiger partial charge on any atom is 0.106 e. The number of benzene rings is 2. The number of anilines is 1. The summed E-state index contributed by atoms with van der Waals surface area (Å²) in [5, 5.41) is 3.46. The molecule has 3 N–H and O–H groups in total. The van der Waals surface area contributed by atoms with Crippen molar-refractivity contribution in [3.05, 3.63) is 62.5 Å². The van der Waals surface area contributed by atoms with Gasteiger partial charge in [-0.25, -0.2) is 0 Å². The van der Waals surface area contributed by atoms with E-state index in [9.17, 15) is 0 Å². The number of halogens is 2. The monoisotopic (exact) mass is 412 g/mol. The maximum absolute atomic E-state index is 5.77. The van der Waals surface area contributed by atoms with Crippen LogP contribution in [0, 0.1) is 0 Å². The molecule has 1 unspecified atom stereocenters. The molecule has 2 rings (SSSR count). The van der Waals surface area contributed by atoms with Crippen molar-refractivity contribution in [2.45, 2.75) is 13.0 Å². The lowest BCUT2D eigenvalue weighted by molar-refractivity contribution is 0.884. The molecule has 2 aromatic carbocycles. The van der Waals surface area contributed by atoms with Gasteiger partial charge in [0, 0.05) is 26.2 Å². The molecule has 0 heterocycles. The summed E-state index contributed by atoms with van der Waals surface area (Å²) in [6, 6.07) is 14.2. The van der Waals surface area contributed by atoms with Crippen LogP contribution in [-0.2, 0) is 0 Å². The Balaban J connectivity index is 2.27. The van der Waals surface area contributed by atoms with Crippen molar-refractivity contribution in [1.82, 2.24) is 0 Å². The fourth-order valence-electron chi connectivity index (χ4n) is 1.92. The minimum Gasteiger partial charge on any atom is -0.389 e. The predicted molar refractivity (Wildman–Crippen MR) is 96.2 cm³/mol. The second-order valence-corrected chi connectivity index (χ2v) is 6.74. The Morgan fingerprint density at radius 1 is 1.10 bits per heavy atom. The largest absolute Gasteiger partial charge is 0.389 e. The topological polar surface area (TPSA) is 38.0 Å². The van der Waals surface area contributed by atoms with Crippen LogP contribution in [0.5, 0.6) is 0 Å². The van der Waals surface area contributed by atoms with Gasteiger partial charge in [0.1, 0.15) is 4.99 Å². The molecular weight excluding hydrogens is 400 g/mol. The normalized spacial score (nSPS) is 11.9. The van der Waals surface area contributed by atoms with Gasteiger partial charge in [-0.2, -0.15) is 0 Å². The van der Waals surface area contributed by atoms with Crippen LogP contribution in [-0.4, -0.2) is 4.99 Å². The number of thiocarbonyl (C=S) groups is 1. The van der Waals surface area contributed by atoms with Crippen molar-refractivity contribution in [3.63, 3.8) is 0 Å². The van der Waals surface area contributed by atoms with E-state index in [0.29, 0.717) is 4.99 Å². The molecular formula is C15H14Br2N2S. The first-order valence-electron chi connectivity index (χ1n) is 6.08. The summed E-state index contributed by atoms with van der Waals surface area (Å²) >= 11 is 12.0. The summed E-state index contributed by atoms with van der Waals surface area (Å²) in [4.78, 5) is 0.392. The zero-order valence-corrected chi connectivity index (χ0v) is 14.8. The summed E-state index contributed by atoms with van der Waals surface area (Å²) in [5.74, 6) is 0. The van der Waals surface area contributed by atoms with Gasteiger partial charge in [-0.3, -0.25) is 0 Å². The third kappa shape index (κ3) is 3.81. The van der Waals surface area contributed by atoms with Gasteiger partial charge < -0.3 is 11.1 Å². The molecule has 2 aromatic rings. The molecule has 104 valence electrons. The van der Waals surface area contributed by atoms with Gasteiger partial charge in [0.15, 0.2) is 0 Å². The minimum atomic E-state index is 0.158. The summed E-state index contributed by atoms with van der Waals surface area (Å²) in [5.41, 5.74) is 8.75. The molecule has 2 nitrogen and oxygen atoms in total. The van der Waals surface area contributed by atoms with Gasteiger partial charge in [0.25, 0.3) is 0 Å². The first-order chi connectivity index (χ1) is 9.47. The van der Waals surface area contributed by atoms with Crippen molar-refractivity contribution >= 4 is 54.8 Å². The van der Waals surface area contributed by atoms with Crippen LogP contribution < -0.4 is 11.1 Å². The highest BCUT2D eigenvalue weighted by Gasteiger charge is 2.10. The van der Waals surface area contributed by atoms with E-state index in [1.54, 1.807) is 0 Å². The maximum atomic E-state index is 5.77. The molecule has 0 fully saturated rings. The van der Waals surface area contributed by atoms with E-state index in [-0.39, 0.29) is 6.04 Å². The van der Waals surface area contributed by atoms with Gasteiger partial charge in [-0.1, -0.05) is 56.2 Å². The van der Waals surface area contributed by atoms with E-state index >= 15 is 0 Å². The van der Waals surface area contributed by atoms with Gasteiger partial charge in [0.05, 0.1) is 0 Å². The van der Waals surface area contributed by atoms with Crippen molar-refractivity contribution in [2.75, 3.05) is 5.32 Å². The molecule has 0 bridgehead atoms. The Morgan fingerprint density at radius 3 is 2.30 bits per heavy atom. The standard InChI is InChI=1S/C15H14Br2N2S/c1-9(10-2-4-11(16)5-3-10)19-14-8-12(17)6-7-13(14)15(18)20/h2-9,19H,1H3,(H2,18,20). The average Bonchev–Trinajstić information content (AvgIpc) is 2.39. The van der Waals surface area contributed by atoms with Crippen LogP contribution in [0.15, 0.2) is 51.4 Å². The Kier molecular flexibility index (Phi) is 5.18. The Morgan fingerprint density at radius 2 is 1.70 bits per heavy atom. The van der Waals surface area contributed by atoms with E-state index in [4.69, 9.17) is 18.0 Å². The summed E-state index contributed by atoms with van der Waals surface area (Å²) in [6.07, 6.45) is 0. The molecule has 0 saturated carbocycles. The number of hydrogen-bond acceptors (Lipinski definition) is 2. The number of nitrogens with one attached hydrogen (secondary N) is 1.